The summed E-state index contributed by atoms with van der Waals surface area (Å²) in [5.74, 6) is 1.13. The van der Waals surface area contributed by atoms with Gasteiger partial charge in [-0.3, -0.25) is 0 Å². The van der Waals surface area contributed by atoms with E-state index in [1.165, 1.54) is 57.8 Å². The highest BCUT2D eigenvalue weighted by molar-refractivity contribution is 4.69. The Morgan fingerprint density at radius 1 is 0.769 bits per heavy atom. The van der Waals surface area contributed by atoms with Gasteiger partial charge in [-0.1, -0.05) is 78.6 Å². The van der Waals surface area contributed by atoms with Crippen LogP contribution in [0.25, 0.3) is 0 Å². The van der Waals surface area contributed by atoms with Gasteiger partial charge >= 0.3 is 0 Å². The standard InChI is InChI=1S/C5H10.C4H8.C4H10/c1-2-5-3-4-5;1-2-4-3-1;1-3-4-2/h5H,2-4H2,1H3;1-4H2;3-4H2,1-2H3. The smallest absolute Gasteiger partial charge is 0.0417 e. The lowest BCUT2D eigenvalue weighted by atomic mass is 10.0. The Labute approximate surface area is 85.1 Å². The molecule has 0 atom stereocenters. The maximum absolute atomic E-state index is 2.26. The molecule has 2 aliphatic carbocycles. The summed E-state index contributed by atoms with van der Waals surface area (Å²) in [6.45, 7) is 6.62. The van der Waals surface area contributed by atoms with E-state index >= 15 is 0 Å². The Balaban J connectivity index is 0.000000168. The Morgan fingerprint density at radius 2 is 1.15 bits per heavy atom. The van der Waals surface area contributed by atoms with Crippen LogP contribution in [0.4, 0.5) is 0 Å². The van der Waals surface area contributed by atoms with Crippen molar-refractivity contribution in [2.24, 2.45) is 5.92 Å². The van der Waals surface area contributed by atoms with Gasteiger partial charge < -0.3 is 0 Å². The van der Waals surface area contributed by atoms with Gasteiger partial charge in [-0.25, -0.2) is 0 Å². The van der Waals surface area contributed by atoms with Crippen molar-refractivity contribution in [2.45, 2.75) is 78.6 Å². The Kier molecular flexibility index (Phi) is 10.1. The first-order chi connectivity index (χ1) is 6.35. The molecule has 0 aromatic heterocycles. The minimum atomic E-state index is 1.13. The molecule has 0 spiro atoms. The number of hydrogen-bond acceptors (Lipinski definition) is 0. The number of hydrogen-bond donors (Lipinski definition) is 0. The van der Waals surface area contributed by atoms with Crippen LogP contribution in [-0.2, 0) is 0 Å². The van der Waals surface area contributed by atoms with Gasteiger partial charge in [0.15, 0.2) is 0 Å². The van der Waals surface area contributed by atoms with E-state index in [-0.39, 0.29) is 0 Å². The average molecular weight is 184 g/mol. The van der Waals surface area contributed by atoms with Gasteiger partial charge in [0, 0.05) is 0 Å². The third kappa shape index (κ3) is 12.0. The molecular weight excluding hydrogens is 156 g/mol. The van der Waals surface area contributed by atoms with Gasteiger partial charge in [-0.15, -0.1) is 0 Å². The second kappa shape index (κ2) is 10.1. The molecule has 2 aliphatic rings. The van der Waals surface area contributed by atoms with E-state index in [9.17, 15) is 0 Å². The highest BCUT2D eigenvalue weighted by atomic mass is 14.2. The zero-order chi connectivity index (χ0) is 9.94. The van der Waals surface area contributed by atoms with Crippen LogP contribution in [0.5, 0.6) is 0 Å². The summed E-state index contributed by atoms with van der Waals surface area (Å²) in [5, 5.41) is 0. The van der Waals surface area contributed by atoms with E-state index in [1.807, 2.05) is 0 Å². The van der Waals surface area contributed by atoms with Crippen molar-refractivity contribution in [1.29, 1.82) is 0 Å². The van der Waals surface area contributed by atoms with Crippen LogP contribution in [0, 0.1) is 5.92 Å². The Bertz CT molecular complexity index is 72.0. The van der Waals surface area contributed by atoms with E-state index in [0.29, 0.717) is 0 Å². The van der Waals surface area contributed by atoms with Crippen LogP contribution < -0.4 is 0 Å². The molecular formula is C13H28. The van der Waals surface area contributed by atoms with Gasteiger partial charge in [-0.2, -0.15) is 0 Å². The van der Waals surface area contributed by atoms with Gasteiger partial charge in [0.05, 0.1) is 0 Å². The maximum atomic E-state index is 2.26. The molecule has 13 heavy (non-hydrogen) atoms. The number of unbranched alkanes of at least 4 members (excludes halogenated alkanes) is 1. The van der Waals surface area contributed by atoms with Crippen molar-refractivity contribution in [1.82, 2.24) is 0 Å². The molecule has 0 heteroatoms. The maximum Gasteiger partial charge on any atom is -0.0417 e. The third-order valence-electron chi connectivity index (χ3n) is 2.77. The van der Waals surface area contributed by atoms with Gasteiger partial charge in [-0.05, 0) is 5.92 Å². The fourth-order valence-electron chi connectivity index (χ4n) is 0.776. The van der Waals surface area contributed by atoms with Crippen molar-refractivity contribution in [2.75, 3.05) is 0 Å². The van der Waals surface area contributed by atoms with Crippen LogP contribution in [0.1, 0.15) is 78.6 Å². The fraction of sp³-hybridized carbons (Fsp3) is 1.00. The minimum absolute atomic E-state index is 1.13. The van der Waals surface area contributed by atoms with Crippen LogP contribution in [0.2, 0.25) is 0 Å². The topological polar surface area (TPSA) is 0 Å². The summed E-state index contributed by atoms with van der Waals surface area (Å²) >= 11 is 0. The second-order valence-electron chi connectivity index (χ2n) is 4.27. The van der Waals surface area contributed by atoms with Crippen molar-refractivity contribution < 1.29 is 0 Å². The van der Waals surface area contributed by atoms with Crippen molar-refractivity contribution in [3.8, 4) is 0 Å². The minimum Gasteiger partial charge on any atom is -0.0654 e. The van der Waals surface area contributed by atoms with Crippen molar-refractivity contribution >= 4 is 0 Å². The summed E-state index contributed by atoms with van der Waals surface area (Å²) in [5.41, 5.74) is 0. The first-order valence-electron chi connectivity index (χ1n) is 6.35. The Morgan fingerprint density at radius 3 is 1.15 bits per heavy atom. The van der Waals surface area contributed by atoms with Gasteiger partial charge in [0.25, 0.3) is 0 Å². The molecule has 0 aromatic carbocycles. The molecule has 0 unspecified atom stereocenters. The molecule has 2 saturated carbocycles. The van der Waals surface area contributed by atoms with E-state index in [1.54, 1.807) is 0 Å². The quantitative estimate of drug-likeness (QED) is 0.555. The van der Waals surface area contributed by atoms with Crippen molar-refractivity contribution in [3.63, 3.8) is 0 Å². The average Bonchev–Trinajstić information content (AvgIpc) is 2.84. The van der Waals surface area contributed by atoms with Crippen molar-refractivity contribution in [3.05, 3.63) is 0 Å². The summed E-state index contributed by atoms with van der Waals surface area (Å²) in [6.07, 6.45) is 13.1. The first kappa shape index (κ1) is 13.0. The molecule has 0 nitrogen and oxygen atoms in total. The molecule has 0 N–H and O–H groups in total. The lowest BCUT2D eigenvalue weighted by Gasteiger charge is -2.05. The Hall–Kier alpha value is 0. The van der Waals surface area contributed by atoms with Gasteiger partial charge in [0.1, 0.15) is 0 Å². The van der Waals surface area contributed by atoms with E-state index in [0.717, 1.165) is 5.92 Å². The zero-order valence-corrected chi connectivity index (χ0v) is 9.94. The summed E-state index contributed by atoms with van der Waals surface area (Å²) < 4.78 is 0. The molecule has 0 aliphatic heterocycles. The summed E-state index contributed by atoms with van der Waals surface area (Å²) in [4.78, 5) is 0. The normalized spacial score (nSPS) is 18.7. The van der Waals surface area contributed by atoms with Crippen LogP contribution >= 0.6 is 0 Å². The van der Waals surface area contributed by atoms with Crippen LogP contribution in [-0.4, -0.2) is 0 Å². The fourth-order valence-corrected chi connectivity index (χ4v) is 0.776. The SMILES string of the molecule is C1CCC1.CCC1CC1.CCCC. The lowest BCUT2D eigenvalue weighted by molar-refractivity contribution is 0.504. The highest BCUT2D eigenvalue weighted by Gasteiger charge is 2.17. The predicted octanol–water partition coefficient (Wildman–Crippen LogP) is 5.17. The lowest BCUT2D eigenvalue weighted by Crippen LogP contribution is -1.85. The molecule has 2 rings (SSSR count). The zero-order valence-electron chi connectivity index (χ0n) is 9.94. The van der Waals surface area contributed by atoms with E-state index in [4.69, 9.17) is 0 Å². The molecule has 0 radical (unpaired) electrons. The molecule has 0 heterocycles. The van der Waals surface area contributed by atoms with E-state index in [2.05, 4.69) is 20.8 Å². The van der Waals surface area contributed by atoms with Crippen LogP contribution in [0.3, 0.4) is 0 Å². The highest BCUT2D eigenvalue weighted by Crippen LogP contribution is 2.31. The molecule has 0 aromatic rings. The molecule has 2 fully saturated rings. The van der Waals surface area contributed by atoms with Crippen LogP contribution in [0.15, 0.2) is 0 Å². The molecule has 80 valence electrons. The molecule has 0 amide bonds. The first-order valence-corrected chi connectivity index (χ1v) is 6.35. The largest absolute Gasteiger partial charge is 0.0654 e. The van der Waals surface area contributed by atoms with Gasteiger partial charge in [0.2, 0.25) is 0 Å². The molecule has 0 saturated heterocycles. The monoisotopic (exact) mass is 184 g/mol. The summed E-state index contributed by atoms with van der Waals surface area (Å²) in [7, 11) is 0. The summed E-state index contributed by atoms with van der Waals surface area (Å²) in [6, 6.07) is 0. The predicted molar refractivity (Wildman–Crippen MR) is 62.1 cm³/mol. The number of rotatable bonds is 2. The molecule has 0 bridgehead atoms. The third-order valence-corrected chi connectivity index (χ3v) is 2.77. The second-order valence-corrected chi connectivity index (χ2v) is 4.27. The van der Waals surface area contributed by atoms with E-state index < -0.39 is 0 Å².